The summed E-state index contributed by atoms with van der Waals surface area (Å²) in [7, 11) is 0. The zero-order valence-electron chi connectivity index (χ0n) is 7.06. The molecule has 2 rings (SSSR count). The second-order valence-electron chi connectivity index (χ2n) is 2.66. The number of aromatic nitrogens is 4. The lowest BCUT2D eigenvalue weighted by atomic mass is 10.3. The maximum absolute atomic E-state index is 12.3. The molecule has 0 saturated carbocycles. The quantitative estimate of drug-likeness (QED) is 0.666. The van der Waals surface area contributed by atoms with Crippen LogP contribution >= 0.6 is 0 Å². The third-order valence-electron chi connectivity index (χ3n) is 1.72. The average Bonchev–Trinajstić information content (AvgIpc) is 2.59. The maximum Gasteiger partial charge on any atom is 0.453 e. The first kappa shape index (κ1) is 9.56. The summed E-state index contributed by atoms with van der Waals surface area (Å²) in [4.78, 5) is 10.5. The SMILES string of the molecule is O=Cc1ccnn2c(C(F)(F)F)nnc12. The van der Waals surface area contributed by atoms with E-state index in [0.29, 0.717) is 10.8 Å². The molecule has 78 valence electrons. The predicted octanol–water partition coefficient (Wildman–Crippen LogP) is 0.956. The Bertz CT molecular complexity index is 518. The van der Waals surface area contributed by atoms with Crippen LogP contribution in [0.1, 0.15) is 16.2 Å². The van der Waals surface area contributed by atoms with Gasteiger partial charge in [-0.2, -0.15) is 22.8 Å². The molecule has 0 fully saturated rings. The van der Waals surface area contributed by atoms with Crippen LogP contribution in [-0.4, -0.2) is 26.1 Å². The molecule has 2 heterocycles. The second kappa shape index (κ2) is 3.01. The molecular weight excluding hydrogens is 213 g/mol. The van der Waals surface area contributed by atoms with Gasteiger partial charge in [0.1, 0.15) is 0 Å². The Morgan fingerprint density at radius 1 is 1.33 bits per heavy atom. The number of alkyl halides is 3. The Balaban J connectivity index is 2.77. The minimum atomic E-state index is -4.64. The van der Waals surface area contributed by atoms with Crippen molar-refractivity contribution in [1.29, 1.82) is 0 Å². The van der Waals surface area contributed by atoms with Gasteiger partial charge < -0.3 is 0 Å². The van der Waals surface area contributed by atoms with Gasteiger partial charge in [0.05, 0.1) is 5.56 Å². The van der Waals surface area contributed by atoms with Gasteiger partial charge in [-0.1, -0.05) is 0 Å². The molecule has 0 aliphatic carbocycles. The fourth-order valence-electron chi connectivity index (χ4n) is 1.09. The molecule has 0 bridgehead atoms. The molecule has 0 N–H and O–H groups in total. The number of hydrogen-bond donors (Lipinski definition) is 0. The Morgan fingerprint density at radius 3 is 2.67 bits per heavy atom. The Kier molecular flexibility index (Phi) is 1.92. The van der Waals surface area contributed by atoms with Crippen molar-refractivity contribution < 1.29 is 18.0 Å². The zero-order chi connectivity index (χ0) is 11.1. The molecule has 0 amide bonds. The molecule has 0 spiro atoms. The Labute approximate surface area is 80.5 Å². The van der Waals surface area contributed by atoms with Crippen LogP contribution in [0.3, 0.4) is 0 Å². The monoisotopic (exact) mass is 216 g/mol. The standard InChI is InChI=1S/C7H3F3N4O/c8-7(9,10)6-13-12-5-4(3-15)1-2-11-14(5)6/h1-3H. The van der Waals surface area contributed by atoms with Crippen molar-refractivity contribution in [1.82, 2.24) is 19.8 Å². The van der Waals surface area contributed by atoms with E-state index < -0.39 is 12.0 Å². The number of nitrogens with zero attached hydrogens (tertiary/aromatic N) is 4. The highest BCUT2D eigenvalue weighted by Gasteiger charge is 2.37. The Morgan fingerprint density at radius 2 is 2.07 bits per heavy atom. The third-order valence-corrected chi connectivity index (χ3v) is 1.72. The topological polar surface area (TPSA) is 60.2 Å². The van der Waals surface area contributed by atoms with Crippen molar-refractivity contribution in [3.63, 3.8) is 0 Å². The largest absolute Gasteiger partial charge is 0.453 e. The number of aldehydes is 1. The fraction of sp³-hybridized carbons (Fsp3) is 0.143. The van der Waals surface area contributed by atoms with Crippen molar-refractivity contribution in [2.24, 2.45) is 0 Å². The summed E-state index contributed by atoms with van der Waals surface area (Å²) in [5, 5.41) is 9.63. The molecule has 0 aromatic carbocycles. The molecule has 0 unspecified atom stereocenters. The number of rotatable bonds is 1. The molecule has 0 aliphatic heterocycles. The van der Waals surface area contributed by atoms with Crippen LogP contribution in [0.25, 0.3) is 5.65 Å². The first-order chi connectivity index (χ1) is 7.04. The van der Waals surface area contributed by atoms with Gasteiger partial charge >= 0.3 is 6.18 Å². The summed E-state index contributed by atoms with van der Waals surface area (Å²) < 4.78 is 37.5. The molecule has 0 saturated heterocycles. The van der Waals surface area contributed by atoms with E-state index in [4.69, 9.17) is 0 Å². The van der Waals surface area contributed by atoms with Gasteiger partial charge in [-0.25, -0.2) is 0 Å². The first-order valence-corrected chi connectivity index (χ1v) is 3.77. The number of hydrogen-bond acceptors (Lipinski definition) is 4. The molecule has 2 aromatic rings. The fourth-order valence-corrected chi connectivity index (χ4v) is 1.09. The molecule has 5 nitrogen and oxygen atoms in total. The predicted molar refractivity (Wildman–Crippen MR) is 41.2 cm³/mol. The molecule has 8 heteroatoms. The van der Waals surface area contributed by atoms with E-state index in [2.05, 4.69) is 15.3 Å². The number of fused-ring (bicyclic) bond motifs is 1. The first-order valence-electron chi connectivity index (χ1n) is 3.77. The lowest BCUT2D eigenvalue weighted by molar-refractivity contribution is -0.146. The van der Waals surface area contributed by atoms with E-state index >= 15 is 0 Å². The highest BCUT2D eigenvalue weighted by molar-refractivity contribution is 5.83. The third kappa shape index (κ3) is 1.43. The summed E-state index contributed by atoms with van der Waals surface area (Å²) in [5.41, 5.74) is -0.201. The minimum absolute atomic E-state index is 0.00741. The molecule has 2 aromatic heterocycles. The van der Waals surface area contributed by atoms with E-state index in [9.17, 15) is 18.0 Å². The highest BCUT2D eigenvalue weighted by Crippen LogP contribution is 2.27. The van der Waals surface area contributed by atoms with Crippen LogP contribution < -0.4 is 0 Å². The maximum atomic E-state index is 12.3. The van der Waals surface area contributed by atoms with Gasteiger partial charge in [-0.3, -0.25) is 4.79 Å². The molecule has 0 radical (unpaired) electrons. The van der Waals surface area contributed by atoms with Crippen molar-refractivity contribution in [3.05, 3.63) is 23.7 Å². The summed E-state index contributed by atoms with van der Waals surface area (Å²) in [6.07, 6.45) is -3.17. The van der Waals surface area contributed by atoms with Gasteiger partial charge in [-0.15, -0.1) is 10.2 Å². The Hall–Kier alpha value is -1.99. The number of carbonyl (C=O) groups is 1. The van der Waals surface area contributed by atoms with E-state index in [1.165, 1.54) is 6.07 Å². The van der Waals surface area contributed by atoms with Gasteiger partial charge in [0.25, 0.3) is 5.82 Å². The van der Waals surface area contributed by atoms with Crippen LogP contribution in [0.15, 0.2) is 12.3 Å². The average molecular weight is 216 g/mol. The molecular formula is C7H3F3N4O. The van der Waals surface area contributed by atoms with Crippen molar-refractivity contribution in [2.75, 3.05) is 0 Å². The number of carbonyl (C=O) groups excluding carboxylic acids is 1. The van der Waals surface area contributed by atoms with Crippen LogP contribution in [0.4, 0.5) is 13.2 Å². The van der Waals surface area contributed by atoms with Gasteiger partial charge in [0.15, 0.2) is 11.9 Å². The van der Waals surface area contributed by atoms with Crippen LogP contribution in [0, 0.1) is 0 Å². The van der Waals surface area contributed by atoms with Crippen LogP contribution in [0.2, 0.25) is 0 Å². The normalized spacial score (nSPS) is 11.9. The van der Waals surface area contributed by atoms with Gasteiger partial charge in [0.2, 0.25) is 0 Å². The minimum Gasteiger partial charge on any atom is -0.298 e. The molecule has 15 heavy (non-hydrogen) atoms. The van der Waals surface area contributed by atoms with Crippen molar-refractivity contribution in [2.45, 2.75) is 6.18 Å². The van der Waals surface area contributed by atoms with Gasteiger partial charge in [-0.05, 0) is 6.07 Å². The van der Waals surface area contributed by atoms with E-state index in [1.807, 2.05) is 0 Å². The van der Waals surface area contributed by atoms with Crippen molar-refractivity contribution in [3.8, 4) is 0 Å². The zero-order valence-corrected chi connectivity index (χ0v) is 7.06. The summed E-state index contributed by atoms with van der Waals surface area (Å²) in [6.45, 7) is 0. The van der Waals surface area contributed by atoms with E-state index in [1.54, 1.807) is 0 Å². The van der Waals surface area contributed by atoms with Crippen LogP contribution in [-0.2, 0) is 6.18 Å². The smallest absolute Gasteiger partial charge is 0.298 e. The van der Waals surface area contributed by atoms with Crippen molar-refractivity contribution >= 4 is 11.9 Å². The molecule has 0 aliphatic rings. The van der Waals surface area contributed by atoms with Gasteiger partial charge in [0, 0.05) is 6.20 Å². The number of halogens is 3. The second-order valence-corrected chi connectivity index (χ2v) is 2.66. The van der Waals surface area contributed by atoms with E-state index in [0.717, 1.165) is 6.20 Å². The highest BCUT2D eigenvalue weighted by atomic mass is 19.4. The van der Waals surface area contributed by atoms with Crippen LogP contribution in [0.5, 0.6) is 0 Å². The summed E-state index contributed by atoms with van der Waals surface area (Å²) in [5.74, 6) is -1.25. The summed E-state index contributed by atoms with van der Waals surface area (Å²) >= 11 is 0. The lowest BCUT2D eigenvalue weighted by Gasteiger charge is -2.02. The van der Waals surface area contributed by atoms with E-state index in [-0.39, 0.29) is 11.2 Å². The summed E-state index contributed by atoms with van der Waals surface area (Å²) in [6, 6.07) is 1.26. The molecule has 0 atom stereocenters. The lowest BCUT2D eigenvalue weighted by Crippen LogP contribution is -2.12.